The largest absolute Gasteiger partial charge is 0.390 e. The number of aliphatic hydroxyl groups is 1. The topological polar surface area (TPSA) is 75.3 Å². The van der Waals surface area contributed by atoms with Crippen molar-refractivity contribution in [3.8, 4) is 0 Å². The third kappa shape index (κ3) is 2.31. The third-order valence-corrected chi connectivity index (χ3v) is 5.55. The van der Waals surface area contributed by atoms with E-state index >= 15 is 0 Å². The zero-order valence-electron chi connectivity index (χ0n) is 13.2. The Bertz CT molecular complexity index is 710. The first-order chi connectivity index (χ1) is 11.2. The fourth-order valence-electron chi connectivity index (χ4n) is 4.20. The molecule has 2 aromatic rings. The molecule has 5 nitrogen and oxygen atoms in total. The van der Waals surface area contributed by atoms with Gasteiger partial charge in [-0.3, -0.25) is 4.98 Å². The molecule has 1 aliphatic carbocycles. The van der Waals surface area contributed by atoms with E-state index in [0.717, 1.165) is 38.2 Å². The summed E-state index contributed by atoms with van der Waals surface area (Å²) in [6.45, 7) is 1.75. The predicted molar refractivity (Wildman–Crippen MR) is 88.9 cm³/mol. The first-order valence-corrected chi connectivity index (χ1v) is 8.23. The molecule has 0 unspecified atom stereocenters. The smallest absolute Gasteiger partial charge is 0.152 e. The minimum absolute atomic E-state index is 0.0736. The molecule has 3 N–H and O–H groups in total. The van der Waals surface area contributed by atoms with Crippen LogP contribution in [-0.2, 0) is 13.0 Å². The van der Waals surface area contributed by atoms with Gasteiger partial charge < -0.3 is 15.7 Å². The summed E-state index contributed by atoms with van der Waals surface area (Å²) in [5.41, 5.74) is 10.2. The lowest BCUT2D eigenvalue weighted by Crippen LogP contribution is -2.45. The number of rotatable bonds is 2. The van der Waals surface area contributed by atoms with Crippen LogP contribution in [0.4, 0.5) is 5.82 Å². The minimum Gasteiger partial charge on any atom is -0.390 e. The monoisotopic (exact) mass is 310 g/mol. The zero-order valence-corrected chi connectivity index (χ0v) is 13.2. The van der Waals surface area contributed by atoms with E-state index in [1.807, 2.05) is 0 Å². The van der Waals surface area contributed by atoms with Crippen molar-refractivity contribution in [2.24, 2.45) is 11.1 Å². The van der Waals surface area contributed by atoms with Crippen LogP contribution >= 0.6 is 0 Å². The zero-order chi connectivity index (χ0) is 15.9. The number of hydrogen-bond acceptors (Lipinski definition) is 5. The number of fused-ring (bicyclic) bond motifs is 1. The molecule has 0 saturated carbocycles. The highest BCUT2D eigenvalue weighted by Gasteiger charge is 2.46. The van der Waals surface area contributed by atoms with E-state index in [-0.39, 0.29) is 18.1 Å². The van der Waals surface area contributed by atoms with E-state index in [1.165, 1.54) is 11.1 Å². The van der Waals surface area contributed by atoms with Gasteiger partial charge in [0.1, 0.15) is 5.69 Å². The van der Waals surface area contributed by atoms with Gasteiger partial charge >= 0.3 is 0 Å². The van der Waals surface area contributed by atoms with Crippen LogP contribution in [0.1, 0.15) is 35.7 Å². The second kappa shape index (κ2) is 5.58. The molecular weight excluding hydrogens is 288 g/mol. The predicted octanol–water partition coefficient (Wildman–Crippen LogP) is 1.81. The Kier molecular flexibility index (Phi) is 3.54. The Morgan fingerprint density at radius 2 is 1.91 bits per heavy atom. The van der Waals surface area contributed by atoms with Crippen LogP contribution in [0.5, 0.6) is 0 Å². The molecule has 2 heterocycles. The highest BCUT2D eigenvalue weighted by Crippen LogP contribution is 2.50. The van der Waals surface area contributed by atoms with Gasteiger partial charge in [0.05, 0.1) is 6.61 Å². The normalized spacial score (nSPS) is 22.3. The van der Waals surface area contributed by atoms with Crippen LogP contribution in [0, 0.1) is 5.41 Å². The Morgan fingerprint density at radius 3 is 2.65 bits per heavy atom. The number of aliphatic hydroxyl groups excluding tert-OH is 1. The summed E-state index contributed by atoms with van der Waals surface area (Å²) >= 11 is 0. The van der Waals surface area contributed by atoms with Gasteiger partial charge in [-0.2, -0.15) is 0 Å². The number of hydrogen-bond donors (Lipinski definition) is 2. The van der Waals surface area contributed by atoms with E-state index in [0.29, 0.717) is 5.69 Å². The van der Waals surface area contributed by atoms with Crippen LogP contribution in [0.25, 0.3) is 0 Å². The van der Waals surface area contributed by atoms with E-state index < -0.39 is 0 Å². The van der Waals surface area contributed by atoms with Gasteiger partial charge in [-0.1, -0.05) is 24.3 Å². The van der Waals surface area contributed by atoms with Crippen molar-refractivity contribution in [1.82, 2.24) is 9.97 Å². The van der Waals surface area contributed by atoms with Gasteiger partial charge in [-0.25, -0.2) is 4.98 Å². The summed E-state index contributed by atoms with van der Waals surface area (Å²) in [6, 6.07) is 8.70. The highest BCUT2D eigenvalue weighted by molar-refractivity contribution is 5.45. The maximum Gasteiger partial charge on any atom is 0.152 e. The van der Waals surface area contributed by atoms with Crippen LogP contribution in [0.15, 0.2) is 36.7 Å². The summed E-state index contributed by atoms with van der Waals surface area (Å²) in [6.07, 6.45) is 6.49. The molecule has 4 rings (SSSR count). The van der Waals surface area contributed by atoms with Gasteiger partial charge in [0, 0.05) is 31.5 Å². The molecule has 1 atom stereocenters. The van der Waals surface area contributed by atoms with Crippen LogP contribution in [-0.4, -0.2) is 28.2 Å². The number of nitrogens with two attached hydrogens (primary N) is 1. The fraction of sp³-hybridized carbons (Fsp3) is 0.444. The lowest BCUT2D eigenvalue weighted by atomic mass is 9.73. The van der Waals surface area contributed by atoms with Gasteiger partial charge in [0.15, 0.2) is 5.82 Å². The molecular formula is C18H22N4O. The van der Waals surface area contributed by atoms with Crippen molar-refractivity contribution in [1.29, 1.82) is 0 Å². The van der Waals surface area contributed by atoms with Crippen LogP contribution < -0.4 is 10.6 Å². The molecule has 1 aromatic carbocycles. The number of nitrogens with zero attached hydrogens (tertiary/aromatic N) is 3. The van der Waals surface area contributed by atoms with Gasteiger partial charge in [-0.15, -0.1) is 0 Å². The maximum absolute atomic E-state index is 9.47. The maximum atomic E-state index is 9.47. The summed E-state index contributed by atoms with van der Waals surface area (Å²) in [5.74, 6) is 0.814. The third-order valence-electron chi connectivity index (χ3n) is 5.55. The molecule has 2 aliphatic rings. The molecule has 1 aromatic heterocycles. The van der Waals surface area contributed by atoms with Crippen LogP contribution in [0.2, 0.25) is 0 Å². The SMILES string of the molecule is N[C@@H]1c2ccccc2CC12CCN(c1nccnc1CO)CC2. The average molecular weight is 310 g/mol. The lowest BCUT2D eigenvalue weighted by molar-refractivity contribution is 0.186. The Balaban J connectivity index is 1.54. The van der Waals surface area contributed by atoms with Gasteiger partial charge in [0.25, 0.3) is 0 Å². The molecule has 1 fully saturated rings. The number of anilines is 1. The molecule has 120 valence electrons. The summed E-state index contributed by atoms with van der Waals surface area (Å²) in [4.78, 5) is 10.9. The van der Waals surface area contributed by atoms with Crippen molar-refractivity contribution in [2.75, 3.05) is 18.0 Å². The molecule has 1 aliphatic heterocycles. The second-order valence-corrected chi connectivity index (χ2v) is 6.69. The van der Waals surface area contributed by atoms with Crippen molar-refractivity contribution >= 4 is 5.82 Å². The van der Waals surface area contributed by atoms with Crippen molar-refractivity contribution in [3.05, 3.63) is 53.5 Å². The average Bonchev–Trinajstić information content (AvgIpc) is 2.88. The Morgan fingerprint density at radius 1 is 1.17 bits per heavy atom. The Labute approximate surface area is 136 Å². The van der Waals surface area contributed by atoms with E-state index in [9.17, 15) is 5.11 Å². The fourth-order valence-corrected chi connectivity index (χ4v) is 4.20. The molecule has 0 amide bonds. The minimum atomic E-state index is -0.0736. The van der Waals surface area contributed by atoms with Crippen molar-refractivity contribution in [3.63, 3.8) is 0 Å². The lowest BCUT2D eigenvalue weighted by Gasteiger charge is -2.42. The number of benzene rings is 1. The standard InChI is InChI=1S/C18H22N4O/c19-16-14-4-2-1-3-13(14)11-18(16)5-9-22(10-6-18)17-15(12-23)20-7-8-21-17/h1-4,7-8,16,23H,5-6,9-12,19H2/t16-/m1/s1. The Hall–Kier alpha value is -1.98. The first kappa shape index (κ1) is 14.6. The molecule has 23 heavy (non-hydrogen) atoms. The van der Waals surface area contributed by atoms with Crippen molar-refractivity contribution in [2.45, 2.75) is 31.9 Å². The van der Waals surface area contributed by atoms with E-state index in [2.05, 4.69) is 39.1 Å². The summed E-state index contributed by atoms with van der Waals surface area (Å²) < 4.78 is 0. The first-order valence-electron chi connectivity index (χ1n) is 8.23. The van der Waals surface area contributed by atoms with E-state index in [1.54, 1.807) is 12.4 Å². The molecule has 0 bridgehead atoms. The summed E-state index contributed by atoms with van der Waals surface area (Å²) in [7, 11) is 0. The summed E-state index contributed by atoms with van der Waals surface area (Å²) in [5, 5.41) is 9.47. The molecule has 5 heteroatoms. The van der Waals surface area contributed by atoms with Crippen molar-refractivity contribution < 1.29 is 5.11 Å². The van der Waals surface area contributed by atoms with Crippen LogP contribution in [0.3, 0.4) is 0 Å². The number of piperidine rings is 1. The van der Waals surface area contributed by atoms with Gasteiger partial charge in [-0.05, 0) is 35.8 Å². The van der Waals surface area contributed by atoms with E-state index in [4.69, 9.17) is 5.73 Å². The highest BCUT2D eigenvalue weighted by atomic mass is 16.3. The molecule has 1 saturated heterocycles. The molecule has 0 radical (unpaired) electrons. The second-order valence-electron chi connectivity index (χ2n) is 6.69. The quantitative estimate of drug-likeness (QED) is 0.885. The number of aromatic nitrogens is 2. The molecule has 1 spiro atoms. The van der Waals surface area contributed by atoms with Gasteiger partial charge in [0.2, 0.25) is 0 Å².